The molecule has 0 aromatic heterocycles. The summed E-state index contributed by atoms with van der Waals surface area (Å²) in [6.07, 6.45) is 2.93. The van der Waals surface area contributed by atoms with Gasteiger partial charge in [0.2, 0.25) is 10.0 Å². The third kappa shape index (κ3) is 5.56. The molecule has 3 rings (SSSR count). The zero-order valence-electron chi connectivity index (χ0n) is 18.3. The van der Waals surface area contributed by atoms with Gasteiger partial charge in [-0.2, -0.15) is 0 Å². The number of allylic oxidation sites excluding steroid dienone is 2. The molecule has 0 fully saturated rings. The van der Waals surface area contributed by atoms with Crippen LogP contribution in [-0.2, 0) is 24.3 Å². The van der Waals surface area contributed by atoms with Crippen LogP contribution in [0.2, 0.25) is 0 Å². The molecule has 1 aliphatic rings. The number of hydrogen-bond acceptors (Lipinski definition) is 6. The maximum atomic E-state index is 13.1. The summed E-state index contributed by atoms with van der Waals surface area (Å²) in [4.78, 5) is 25.9. The van der Waals surface area contributed by atoms with Gasteiger partial charge in [-0.3, -0.25) is 14.3 Å². The quantitative estimate of drug-likeness (QED) is 0.479. The minimum atomic E-state index is -3.44. The fourth-order valence-corrected chi connectivity index (χ4v) is 4.50. The van der Waals surface area contributed by atoms with Gasteiger partial charge in [0.1, 0.15) is 11.7 Å². The predicted molar refractivity (Wildman–Crippen MR) is 123 cm³/mol. The van der Waals surface area contributed by atoms with Crippen molar-refractivity contribution >= 4 is 33.0 Å². The van der Waals surface area contributed by atoms with Crippen molar-refractivity contribution in [2.24, 2.45) is 5.92 Å². The molecule has 0 saturated heterocycles. The van der Waals surface area contributed by atoms with Gasteiger partial charge in [-0.25, -0.2) is 8.42 Å². The molecule has 7 nitrogen and oxygen atoms in total. The molecule has 2 aromatic rings. The minimum absolute atomic E-state index is 0.179. The van der Waals surface area contributed by atoms with E-state index >= 15 is 0 Å². The smallest absolute Gasteiger partial charge is 0.317 e. The highest BCUT2D eigenvalue weighted by atomic mass is 32.2. The molecular formula is C24H27NO6S. The second-order valence-electron chi connectivity index (χ2n) is 7.54. The zero-order chi connectivity index (χ0) is 23.3. The molecule has 0 bridgehead atoms. The van der Waals surface area contributed by atoms with E-state index < -0.39 is 27.8 Å². The summed E-state index contributed by atoms with van der Waals surface area (Å²) >= 11 is 0. The van der Waals surface area contributed by atoms with Crippen molar-refractivity contribution in [2.75, 3.05) is 24.2 Å². The number of esters is 1. The molecule has 2 atom stereocenters. The average Bonchev–Trinajstić information content (AvgIpc) is 2.73. The van der Waals surface area contributed by atoms with E-state index in [-0.39, 0.29) is 12.4 Å². The molecule has 0 spiro atoms. The van der Waals surface area contributed by atoms with Gasteiger partial charge in [-0.15, -0.1) is 0 Å². The second kappa shape index (κ2) is 9.99. The molecule has 0 heterocycles. The molecule has 8 heteroatoms. The largest absolute Gasteiger partial charge is 0.494 e. The lowest BCUT2D eigenvalue weighted by Crippen LogP contribution is -2.34. The van der Waals surface area contributed by atoms with E-state index in [1.807, 2.05) is 37.3 Å². The summed E-state index contributed by atoms with van der Waals surface area (Å²) < 4.78 is 36.7. The van der Waals surface area contributed by atoms with Gasteiger partial charge in [-0.1, -0.05) is 30.3 Å². The topological polar surface area (TPSA) is 98.8 Å². The lowest BCUT2D eigenvalue weighted by atomic mass is 9.73. The van der Waals surface area contributed by atoms with Crippen molar-refractivity contribution in [3.05, 3.63) is 65.7 Å². The van der Waals surface area contributed by atoms with E-state index in [2.05, 4.69) is 4.72 Å². The number of benzene rings is 2. The molecule has 0 amide bonds. The van der Waals surface area contributed by atoms with Crippen LogP contribution in [0.1, 0.15) is 37.3 Å². The zero-order valence-corrected chi connectivity index (χ0v) is 19.1. The third-order valence-electron chi connectivity index (χ3n) is 5.16. The lowest BCUT2D eigenvalue weighted by Gasteiger charge is -2.30. The molecule has 1 aliphatic carbocycles. The molecule has 0 unspecified atom stereocenters. The maximum Gasteiger partial charge on any atom is 0.317 e. The van der Waals surface area contributed by atoms with E-state index in [4.69, 9.17) is 9.47 Å². The Balaban J connectivity index is 2.05. The van der Waals surface area contributed by atoms with Gasteiger partial charge >= 0.3 is 5.97 Å². The fraction of sp³-hybridized carbons (Fsp3) is 0.333. The fourth-order valence-electron chi connectivity index (χ4n) is 3.95. The van der Waals surface area contributed by atoms with Crippen LogP contribution in [0, 0.1) is 5.92 Å². The van der Waals surface area contributed by atoms with Crippen molar-refractivity contribution in [2.45, 2.75) is 26.2 Å². The molecule has 0 aliphatic heterocycles. The highest BCUT2D eigenvalue weighted by Crippen LogP contribution is 2.43. The molecule has 1 N–H and O–H groups in total. The highest BCUT2D eigenvalue weighted by molar-refractivity contribution is 7.92. The normalized spacial score (nSPS) is 18.6. The summed E-state index contributed by atoms with van der Waals surface area (Å²) in [6, 6.07) is 14.2. The van der Waals surface area contributed by atoms with E-state index in [1.54, 1.807) is 25.1 Å². The predicted octanol–water partition coefficient (Wildman–Crippen LogP) is 3.78. The number of ether oxygens (including phenoxy) is 2. The van der Waals surface area contributed by atoms with Crippen LogP contribution in [0.3, 0.4) is 0 Å². The van der Waals surface area contributed by atoms with Crippen LogP contribution in [0.4, 0.5) is 5.69 Å². The number of hydrogen-bond donors (Lipinski definition) is 1. The van der Waals surface area contributed by atoms with Gasteiger partial charge in [0.25, 0.3) is 0 Å². The van der Waals surface area contributed by atoms with Crippen LogP contribution >= 0.6 is 0 Å². The van der Waals surface area contributed by atoms with E-state index in [0.29, 0.717) is 35.6 Å². The van der Waals surface area contributed by atoms with Crippen molar-refractivity contribution in [1.29, 1.82) is 0 Å². The Bertz CT molecular complexity index is 1140. The molecule has 0 saturated carbocycles. The van der Waals surface area contributed by atoms with Crippen molar-refractivity contribution < 1.29 is 27.5 Å². The van der Waals surface area contributed by atoms with Gasteiger partial charge in [0.15, 0.2) is 5.78 Å². The number of rotatable bonds is 8. The Kier molecular flexibility index (Phi) is 7.35. The maximum absolute atomic E-state index is 13.1. The Labute approximate surface area is 188 Å². The lowest BCUT2D eigenvalue weighted by molar-refractivity contribution is -0.151. The summed E-state index contributed by atoms with van der Waals surface area (Å²) in [7, 11) is -3.44. The Morgan fingerprint density at radius 2 is 1.84 bits per heavy atom. The SMILES string of the molecule is CCOC(=O)[C@@H]1C(=O)C=C(c2cccc(NS(C)(=O)=O)c2)C[C@H]1c1ccccc1OCC. The van der Waals surface area contributed by atoms with Crippen LogP contribution in [-0.4, -0.2) is 39.6 Å². The first-order valence-corrected chi connectivity index (χ1v) is 12.3. The third-order valence-corrected chi connectivity index (χ3v) is 5.77. The number of para-hydroxylation sites is 1. The van der Waals surface area contributed by atoms with Crippen LogP contribution in [0.25, 0.3) is 5.57 Å². The summed E-state index contributed by atoms with van der Waals surface area (Å²) in [6.45, 7) is 4.20. The Morgan fingerprint density at radius 1 is 1.09 bits per heavy atom. The van der Waals surface area contributed by atoms with Gasteiger partial charge in [-0.05, 0) is 61.2 Å². The summed E-state index contributed by atoms with van der Waals surface area (Å²) in [5.41, 5.74) is 2.58. The number of carbonyl (C=O) groups is 2. The first-order chi connectivity index (χ1) is 15.2. The first kappa shape index (κ1) is 23.5. The van der Waals surface area contributed by atoms with Gasteiger partial charge in [0, 0.05) is 11.6 Å². The van der Waals surface area contributed by atoms with Crippen LogP contribution in [0.5, 0.6) is 5.75 Å². The number of nitrogens with one attached hydrogen (secondary N) is 1. The van der Waals surface area contributed by atoms with Crippen LogP contribution in [0.15, 0.2) is 54.6 Å². The van der Waals surface area contributed by atoms with E-state index in [1.165, 1.54) is 6.08 Å². The van der Waals surface area contributed by atoms with Gasteiger partial charge < -0.3 is 9.47 Å². The molecular weight excluding hydrogens is 430 g/mol. The highest BCUT2D eigenvalue weighted by Gasteiger charge is 2.41. The van der Waals surface area contributed by atoms with Crippen molar-refractivity contribution in [1.82, 2.24) is 0 Å². The molecule has 170 valence electrons. The number of carbonyl (C=O) groups excluding carboxylic acids is 2. The van der Waals surface area contributed by atoms with Crippen molar-refractivity contribution in [3.63, 3.8) is 0 Å². The molecule has 0 radical (unpaired) electrons. The Hall–Kier alpha value is -3.13. The number of anilines is 1. The van der Waals surface area contributed by atoms with Gasteiger partial charge in [0.05, 0.1) is 19.5 Å². The summed E-state index contributed by atoms with van der Waals surface area (Å²) in [5.74, 6) is -1.73. The van der Waals surface area contributed by atoms with Crippen LogP contribution < -0.4 is 9.46 Å². The standard InChI is InChI=1S/C24H27NO6S/c1-4-30-22-12-7-6-11-19(22)20-14-17(15-21(26)23(20)24(27)31-5-2)16-9-8-10-18(13-16)25-32(3,28)29/h6-13,15,20,23,25H,4-5,14H2,1-3H3/t20-,23-/m0/s1. The molecule has 32 heavy (non-hydrogen) atoms. The Morgan fingerprint density at radius 3 is 2.53 bits per heavy atom. The second-order valence-corrected chi connectivity index (χ2v) is 9.29. The molecule has 2 aromatic carbocycles. The minimum Gasteiger partial charge on any atom is -0.494 e. The van der Waals surface area contributed by atoms with E-state index in [0.717, 1.165) is 11.8 Å². The first-order valence-electron chi connectivity index (χ1n) is 10.4. The average molecular weight is 458 g/mol. The summed E-state index contributed by atoms with van der Waals surface area (Å²) in [5, 5.41) is 0. The van der Waals surface area contributed by atoms with E-state index in [9.17, 15) is 18.0 Å². The van der Waals surface area contributed by atoms with Crippen molar-refractivity contribution in [3.8, 4) is 5.75 Å². The monoisotopic (exact) mass is 457 g/mol. The number of sulfonamides is 1. The number of ketones is 1.